The topological polar surface area (TPSA) is 0 Å². The van der Waals surface area contributed by atoms with Gasteiger partial charge in [-0.1, -0.05) is 0 Å². The molecule has 0 aliphatic heterocycles. The van der Waals surface area contributed by atoms with Crippen LogP contribution in [-0.2, 0) is 0 Å². The van der Waals surface area contributed by atoms with Gasteiger partial charge in [-0.25, -0.2) is 4.20 Å². The molecular weight excluding hydrogens is 304 g/mol. The van der Waals surface area contributed by atoms with Crippen molar-refractivity contribution in [3.05, 3.63) is 0 Å². The quantitative estimate of drug-likeness (QED) is 0.477. The molecule has 0 N–H and O–H groups in total. The minimum absolute atomic E-state index is 1.18. The fraction of sp³-hybridized carbons (Fsp3) is 0. The largest absolute Gasteiger partial charge is 0.209 e. The summed E-state index contributed by atoms with van der Waals surface area (Å²) in [5.41, 5.74) is 0. The number of rotatable bonds is 0. The predicted octanol–water partition coefficient (Wildman–Crippen LogP) is 3.05. The van der Waals surface area contributed by atoms with Gasteiger partial charge in [-0.05, 0) is 44.1 Å². The molecule has 0 aliphatic rings. The molecule has 0 saturated heterocycles. The van der Waals surface area contributed by atoms with Crippen LogP contribution in [0.3, 0.4) is 0 Å². The number of hydrogen-bond donors (Lipinski definition) is 0. The Bertz CT molecular complexity index is 10.8. The highest BCUT2D eigenvalue weighted by atomic mass is 127. The summed E-state index contributed by atoms with van der Waals surface area (Å²) < 4.78 is 9.86. The number of halogens is 3. The Morgan fingerprint density at radius 2 is 1.50 bits per heavy atom. The van der Waals surface area contributed by atoms with Gasteiger partial charge in [0.15, 0.2) is 0 Å². The fourth-order valence-electron chi connectivity index (χ4n) is 0. The molecule has 26 valence electrons. The molecule has 0 unspecified atom stereocenters. The molecule has 0 radical (unpaired) electrons. The first-order valence-corrected chi connectivity index (χ1v) is 7.31. The fourth-order valence-corrected chi connectivity index (χ4v) is 0. The summed E-state index contributed by atoms with van der Waals surface area (Å²) in [7, 11) is 0. The van der Waals surface area contributed by atoms with Crippen LogP contribution in [0.4, 0.5) is 4.20 Å². The van der Waals surface area contributed by atoms with Crippen LogP contribution in [0.1, 0.15) is 0 Å². The second-order valence-electron chi connectivity index (χ2n) is 0.192. The van der Waals surface area contributed by atoms with Crippen molar-refractivity contribution in [3.63, 3.8) is 0 Å². The second-order valence-corrected chi connectivity index (χ2v) is 11.2. The molecule has 0 aromatic rings. The van der Waals surface area contributed by atoms with Crippen molar-refractivity contribution in [3.8, 4) is 0 Å². The molecule has 0 rings (SSSR count). The molecule has 0 spiro atoms. The van der Waals surface area contributed by atoms with Gasteiger partial charge in [0.2, 0.25) is 3.52 Å². The first-order chi connectivity index (χ1) is 1.73. The summed E-state index contributed by atoms with van der Waals surface area (Å²) in [4.78, 5) is 0. The summed E-state index contributed by atoms with van der Waals surface area (Å²) in [5.74, 6) is 0. The van der Waals surface area contributed by atoms with Crippen LogP contribution in [0.5, 0.6) is 0 Å². The van der Waals surface area contributed by atoms with Crippen molar-refractivity contribution >= 4 is 47.6 Å². The maximum Gasteiger partial charge on any atom is 0.209 e. The van der Waals surface area contributed by atoms with Crippen LogP contribution in [0.15, 0.2) is 0 Å². The Labute approximate surface area is 51.4 Å². The lowest BCUT2D eigenvalue weighted by atomic mass is 18.9. The zero-order chi connectivity index (χ0) is 3.58. The lowest BCUT2D eigenvalue weighted by molar-refractivity contribution is 0.937. The maximum atomic E-state index is 11.0. The third-order valence-electron chi connectivity index (χ3n) is 0. The highest BCUT2D eigenvalue weighted by molar-refractivity contribution is 14.3. The van der Waals surface area contributed by atoms with E-state index < -0.39 is 3.52 Å². The summed E-state index contributed by atoms with van der Waals surface area (Å²) in [6, 6.07) is 0. The van der Waals surface area contributed by atoms with E-state index in [1.807, 2.05) is 0 Å². The first-order valence-electron chi connectivity index (χ1n) is 0.507. The van der Waals surface area contributed by atoms with E-state index in [9.17, 15) is 4.20 Å². The van der Waals surface area contributed by atoms with Crippen molar-refractivity contribution in [1.82, 2.24) is 0 Å². The van der Waals surface area contributed by atoms with E-state index in [4.69, 9.17) is 0 Å². The van der Waals surface area contributed by atoms with Gasteiger partial charge in [0.05, 0.1) is 0 Å². The number of hydrogen-bond acceptors (Lipinski definition) is 0. The first kappa shape index (κ1) is 5.82. The van der Waals surface area contributed by atoms with Crippen LogP contribution in [-0.4, -0.2) is 0 Å². The molecule has 0 nitrogen and oxygen atoms in total. The van der Waals surface area contributed by atoms with Gasteiger partial charge in [0, 0.05) is 0 Å². The predicted molar refractivity (Wildman–Crippen MR) is 36.1 cm³/mol. The van der Waals surface area contributed by atoms with Gasteiger partial charge >= 0.3 is 0 Å². The van der Waals surface area contributed by atoms with Crippen molar-refractivity contribution in [2.75, 3.05) is 0 Å². The molecule has 0 aromatic carbocycles. The second kappa shape index (κ2) is 3.03. The van der Waals surface area contributed by atoms with Gasteiger partial charge in [-0.15, -0.1) is 0 Å². The maximum absolute atomic E-state index is 11.0. The molecule has 0 atom stereocenters. The molecule has 0 bridgehead atoms. The Hall–Kier alpha value is 1.82. The highest BCUT2D eigenvalue weighted by Gasteiger charge is 1.81. The van der Waals surface area contributed by atoms with E-state index >= 15 is 0 Å². The van der Waals surface area contributed by atoms with E-state index in [1.54, 1.807) is 44.1 Å². The normalized spacial score (nSPS) is 9.00. The van der Waals surface area contributed by atoms with E-state index in [1.165, 1.54) is 0 Å². The van der Waals surface area contributed by atoms with Crippen LogP contribution in [0.25, 0.3) is 0 Å². The van der Waals surface area contributed by atoms with Crippen LogP contribution < -0.4 is 0 Å². The smallest absolute Gasteiger partial charge is 0.204 e. The Morgan fingerprint density at radius 3 is 1.50 bits per heavy atom. The van der Waals surface area contributed by atoms with E-state index in [0.717, 1.165) is 0 Å². The molecular formula is FI2P. The molecule has 0 heterocycles. The highest BCUT2D eigenvalue weighted by Crippen LogP contribution is 2.54. The van der Waals surface area contributed by atoms with Gasteiger partial charge in [0.25, 0.3) is 0 Å². The third kappa shape index (κ3) is 9.17. The van der Waals surface area contributed by atoms with Gasteiger partial charge in [-0.3, -0.25) is 0 Å². The summed E-state index contributed by atoms with van der Waals surface area (Å²) >= 11 is 3.46. The van der Waals surface area contributed by atoms with Gasteiger partial charge in [0.1, 0.15) is 0 Å². The van der Waals surface area contributed by atoms with Crippen LogP contribution in [0, 0.1) is 0 Å². The molecule has 4 heteroatoms. The average Bonchev–Trinajstić information content (AvgIpc) is 0.811. The molecule has 0 aliphatic carbocycles. The minimum Gasteiger partial charge on any atom is -0.204 e. The van der Waals surface area contributed by atoms with Crippen molar-refractivity contribution in [2.45, 2.75) is 0 Å². The third-order valence-corrected chi connectivity index (χ3v) is 0. The molecule has 4 heavy (non-hydrogen) atoms. The van der Waals surface area contributed by atoms with E-state index in [2.05, 4.69) is 0 Å². The Kier molecular flexibility index (Phi) is 4.40. The Balaban J connectivity index is 2.32. The average molecular weight is 304 g/mol. The molecule has 0 amide bonds. The van der Waals surface area contributed by atoms with Gasteiger partial charge in [-0.2, -0.15) is 0 Å². The van der Waals surface area contributed by atoms with E-state index in [0.29, 0.717) is 0 Å². The summed E-state index contributed by atoms with van der Waals surface area (Å²) in [5, 5.41) is 0. The SMILES string of the molecule is FP(I)I. The zero-order valence-electron chi connectivity index (χ0n) is 1.58. The van der Waals surface area contributed by atoms with Crippen molar-refractivity contribution in [1.29, 1.82) is 0 Å². The van der Waals surface area contributed by atoms with Crippen molar-refractivity contribution < 1.29 is 4.20 Å². The minimum atomic E-state index is -1.18. The Morgan fingerprint density at radius 1 is 1.50 bits per heavy atom. The summed E-state index contributed by atoms with van der Waals surface area (Å²) in [6.07, 6.45) is 0. The van der Waals surface area contributed by atoms with E-state index in [-0.39, 0.29) is 0 Å². The lowest BCUT2D eigenvalue weighted by Gasteiger charge is -1.67. The molecule has 0 saturated carbocycles. The standard InChI is InChI=1S/FI2P/c1-4(2)3. The lowest BCUT2D eigenvalue weighted by Crippen LogP contribution is -0.953. The molecule has 0 fully saturated rings. The molecule has 0 aromatic heterocycles. The summed E-state index contributed by atoms with van der Waals surface area (Å²) in [6.45, 7) is 0. The van der Waals surface area contributed by atoms with Crippen LogP contribution in [0.2, 0.25) is 0 Å². The van der Waals surface area contributed by atoms with Crippen LogP contribution >= 0.6 is 47.6 Å². The van der Waals surface area contributed by atoms with Gasteiger partial charge < -0.3 is 0 Å². The monoisotopic (exact) mass is 304 g/mol. The zero-order valence-corrected chi connectivity index (χ0v) is 6.79. The van der Waals surface area contributed by atoms with Crippen molar-refractivity contribution in [2.24, 2.45) is 0 Å².